The van der Waals surface area contributed by atoms with Gasteiger partial charge in [-0.1, -0.05) is 18.2 Å². The van der Waals surface area contributed by atoms with Crippen LogP contribution in [-0.2, 0) is 6.42 Å². The van der Waals surface area contributed by atoms with E-state index in [0.29, 0.717) is 24.5 Å². The molecule has 0 saturated carbocycles. The fourth-order valence-electron chi connectivity index (χ4n) is 3.26. The van der Waals surface area contributed by atoms with E-state index in [4.69, 9.17) is 9.47 Å². The molecule has 0 bridgehead atoms. The van der Waals surface area contributed by atoms with Crippen LogP contribution in [0.25, 0.3) is 5.65 Å². The quantitative estimate of drug-likeness (QED) is 0.761. The summed E-state index contributed by atoms with van der Waals surface area (Å²) in [5, 5.41) is 2.83. The zero-order chi connectivity index (χ0) is 18.8. The van der Waals surface area contributed by atoms with Crippen LogP contribution >= 0.6 is 0 Å². The lowest BCUT2D eigenvalue weighted by atomic mass is 9.96. The number of fused-ring (bicyclic) bond motifs is 2. The highest BCUT2D eigenvalue weighted by atomic mass is 16.5. The Balaban J connectivity index is 1.46. The van der Waals surface area contributed by atoms with Crippen LogP contribution in [0.5, 0.6) is 11.5 Å². The summed E-state index contributed by atoms with van der Waals surface area (Å²) >= 11 is 0. The molecule has 0 fully saturated rings. The molecular formula is C20H19N3O4. The van der Waals surface area contributed by atoms with Crippen molar-refractivity contribution >= 4 is 11.6 Å². The summed E-state index contributed by atoms with van der Waals surface area (Å²) in [7, 11) is 1.61. The summed E-state index contributed by atoms with van der Waals surface area (Å²) in [6, 6.07) is 11.0. The number of aromatic nitrogens is 2. The first kappa shape index (κ1) is 17.1. The smallest absolute Gasteiger partial charge is 0.270 e. The Morgan fingerprint density at radius 3 is 3.07 bits per heavy atom. The number of carbonyl (C=O) groups is 1. The molecule has 0 aliphatic carbocycles. The van der Waals surface area contributed by atoms with E-state index in [2.05, 4.69) is 10.3 Å². The fourth-order valence-corrected chi connectivity index (χ4v) is 3.26. The molecule has 3 aromatic rings. The molecule has 0 unspecified atom stereocenters. The average molecular weight is 365 g/mol. The molecule has 1 N–H and O–H groups in total. The Morgan fingerprint density at radius 2 is 2.22 bits per heavy atom. The van der Waals surface area contributed by atoms with Crippen molar-refractivity contribution in [1.82, 2.24) is 14.7 Å². The van der Waals surface area contributed by atoms with Crippen LogP contribution in [0.4, 0.5) is 0 Å². The number of nitrogens with one attached hydrogen (secondary N) is 1. The van der Waals surface area contributed by atoms with Crippen LogP contribution in [0, 0.1) is 5.92 Å². The molecule has 0 radical (unpaired) electrons. The number of amides is 1. The monoisotopic (exact) mass is 365 g/mol. The van der Waals surface area contributed by atoms with E-state index >= 15 is 0 Å². The van der Waals surface area contributed by atoms with E-state index in [-0.39, 0.29) is 17.0 Å². The predicted octanol–water partition coefficient (Wildman–Crippen LogP) is 1.68. The summed E-state index contributed by atoms with van der Waals surface area (Å²) in [6.45, 7) is 0.884. The fraction of sp³-hybridized carbons (Fsp3) is 0.250. The van der Waals surface area contributed by atoms with Gasteiger partial charge in [0.05, 0.1) is 13.7 Å². The molecule has 1 atom stereocenters. The van der Waals surface area contributed by atoms with Crippen molar-refractivity contribution in [2.24, 2.45) is 5.92 Å². The highest BCUT2D eigenvalue weighted by Gasteiger charge is 2.23. The first-order valence-corrected chi connectivity index (χ1v) is 8.70. The summed E-state index contributed by atoms with van der Waals surface area (Å²) in [6.07, 6.45) is 3.69. The Labute approximate surface area is 155 Å². The van der Waals surface area contributed by atoms with Gasteiger partial charge in [0.2, 0.25) is 0 Å². The SMILES string of the molecule is COc1cccc2c1OC[C@H](CNC(=O)c1cnc3ccccn3c1=O)C2. The molecule has 1 aromatic carbocycles. The molecule has 1 aliphatic heterocycles. The molecule has 0 spiro atoms. The van der Waals surface area contributed by atoms with Crippen molar-refractivity contribution in [3.05, 3.63) is 70.3 Å². The van der Waals surface area contributed by atoms with Crippen molar-refractivity contribution < 1.29 is 14.3 Å². The van der Waals surface area contributed by atoms with Gasteiger partial charge in [0.25, 0.3) is 11.5 Å². The third-order valence-electron chi connectivity index (χ3n) is 4.66. The number of rotatable bonds is 4. The summed E-state index contributed by atoms with van der Waals surface area (Å²) < 4.78 is 12.5. The van der Waals surface area contributed by atoms with Crippen LogP contribution in [0.2, 0.25) is 0 Å². The van der Waals surface area contributed by atoms with Crippen LogP contribution < -0.4 is 20.3 Å². The van der Waals surface area contributed by atoms with Gasteiger partial charge in [-0.3, -0.25) is 14.0 Å². The highest BCUT2D eigenvalue weighted by molar-refractivity contribution is 5.93. The number of benzene rings is 1. The van der Waals surface area contributed by atoms with Gasteiger partial charge in [0, 0.05) is 24.9 Å². The average Bonchev–Trinajstić information content (AvgIpc) is 2.71. The van der Waals surface area contributed by atoms with E-state index < -0.39 is 5.91 Å². The van der Waals surface area contributed by atoms with Gasteiger partial charge in [-0.15, -0.1) is 0 Å². The second kappa shape index (κ2) is 7.11. The van der Waals surface area contributed by atoms with Crippen LogP contribution in [0.15, 0.2) is 53.6 Å². The Kier molecular flexibility index (Phi) is 4.50. The Morgan fingerprint density at radius 1 is 1.33 bits per heavy atom. The summed E-state index contributed by atoms with van der Waals surface area (Å²) in [4.78, 5) is 29.1. The standard InChI is InChI=1S/C20H19N3O4/c1-26-16-6-4-5-14-9-13(12-27-18(14)16)10-22-19(24)15-11-21-17-7-2-3-8-23(17)20(15)25/h2-8,11,13H,9-10,12H2,1H3,(H,22,24)/t13-/m0/s1. The third kappa shape index (κ3) is 3.23. The van der Waals surface area contributed by atoms with E-state index in [1.165, 1.54) is 10.6 Å². The first-order valence-electron chi connectivity index (χ1n) is 8.70. The van der Waals surface area contributed by atoms with Gasteiger partial charge in [0.1, 0.15) is 11.2 Å². The highest BCUT2D eigenvalue weighted by Crippen LogP contribution is 2.35. The van der Waals surface area contributed by atoms with Crippen molar-refractivity contribution in [1.29, 1.82) is 0 Å². The van der Waals surface area contributed by atoms with Gasteiger partial charge >= 0.3 is 0 Å². The summed E-state index contributed by atoms with van der Waals surface area (Å²) in [5.74, 6) is 1.16. The lowest BCUT2D eigenvalue weighted by Gasteiger charge is -2.26. The molecule has 27 heavy (non-hydrogen) atoms. The van der Waals surface area contributed by atoms with Crippen LogP contribution in [0.1, 0.15) is 15.9 Å². The maximum Gasteiger partial charge on any atom is 0.270 e. The maximum atomic E-state index is 12.5. The first-order chi connectivity index (χ1) is 13.2. The molecule has 2 aromatic heterocycles. The Bertz CT molecular complexity index is 1060. The lowest BCUT2D eigenvalue weighted by Crippen LogP contribution is -2.37. The van der Waals surface area contributed by atoms with Crippen molar-refractivity contribution in [3.8, 4) is 11.5 Å². The molecular weight excluding hydrogens is 346 g/mol. The number of carbonyl (C=O) groups excluding carboxylic acids is 1. The number of hydrogen-bond donors (Lipinski definition) is 1. The normalized spacial score (nSPS) is 15.7. The topological polar surface area (TPSA) is 81.9 Å². The zero-order valence-electron chi connectivity index (χ0n) is 14.8. The molecule has 1 aliphatic rings. The van der Waals surface area contributed by atoms with Gasteiger partial charge in [-0.05, 0) is 30.2 Å². The van der Waals surface area contributed by atoms with Crippen LogP contribution in [0.3, 0.4) is 0 Å². The zero-order valence-corrected chi connectivity index (χ0v) is 14.8. The molecule has 3 heterocycles. The molecule has 1 amide bonds. The van der Waals surface area contributed by atoms with Gasteiger partial charge < -0.3 is 14.8 Å². The third-order valence-corrected chi connectivity index (χ3v) is 4.66. The molecule has 7 heteroatoms. The van der Waals surface area contributed by atoms with Gasteiger partial charge in [-0.25, -0.2) is 4.98 Å². The van der Waals surface area contributed by atoms with E-state index in [1.54, 1.807) is 31.5 Å². The minimum absolute atomic E-state index is 0.0255. The Hall–Kier alpha value is -3.35. The van der Waals surface area contributed by atoms with E-state index in [9.17, 15) is 9.59 Å². The second-order valence-electron chi connectivity index (χ2n) is 6.45. The number of methoxy groups -OCH3 is 1. The number of para-hydroxylation sites is 1. The predicted molar refractivity (Wildman–Crippen MR) is 99.5 cm³/mol. The van der Waals surface area contributed by atoms with Gasteiger partial charge in [0.15, 0.2) is 11.5 Å². The lowest BCUT2D eigenvalue weighted by molar-refractivity contribution is 0.0936. The van der Waals surface area contributed by atoms with E-state index in [1.807, 2.05) is 18.2 Å². The number of ether oxygens (including phenoxy) is 2. The molecule has 7 nitrogen and oxygen atoms in total. The largest absolute Gasteiger partial charge is 0.493 e. The minimum Gasteiger partial charge on any atom is -0.493 e. The van der Waals surface area contributed by atoms with Crippen molar-refractivity contribution in [2.75, 3.05) is 20.3 Å². The van der Waals surface area contributed by atoms with Crippen LogP contribution in [-0.4, -0.2) is 35.6 Å². The molecule has 138 valence electrons. The van der Waals surface area contributed by atoms with E-state index in [0.717, 1.165) is 17.7 Å². The molecule has 4 rings (SSSR count). The second-order valence-corrected chi connectivity index (χ2v) is 6.45. The number of pyridine rings is 1. The maximum absolute atomic E-state index is 12.5. The van der Waals surface area contributed by atoms with Gasteiger partial charge in [-0.2, -0.15) is 0 Å². The number of nitrogens with zero attached hydrogens (tertiary/aromatic N) is 2. The van der Waals surface area contributed by atoms with Crippen molar-refractivity contribution in [2.45, 2.75) is 6.42 Å². The number of hydrogen-bond acceptors (Lipinski definition) is 5. The summed E-state index contributed by atoms with van der Waals surface area (Å²) in [5.41, 5.74) is 1.20. The van der Waals surface area contributed by atoms with Crippen molar-refractivity contribution in [3.63, 3.8) is 0 Å². The minimum atomic E-state index is -0.429. The molecule has 0 saturated heterocycles.